The van der Waals surface area contributed by atoms with Crippen LogP contribution in [-0.2, 0) is 22.0 Å². The van der Waals surface area contributed by atoms with Crippen LogP contribution in [0.1, 0.15) is 48.5 Å². The minimum absolute atomic E-state index is 0.0844. The van der Waals surface area contributed by atoms with Crippen molar-refractivity contribution in [3.63, 3.8) is 0 Å². The van der Waals surface area contributed by atoms with Crippen LogP contribution in [-0.4, -0.2) is 39.0 Å². The van der Waals surface area contributed by atoms with E-state index in [1.54, 1.807) is 13.0 Å². The third-order valence-corrected chi connectivity index (χ3v) is 6.77. The molecule has 3 aromatic rings. The van der Waals surface area contributed by atoms with E-state index >= 15 is 0 Å². The Labute approximate surface area is 196 Å². The third-order valence-electron chi connectivity index (χ3n) is 4.78. The maximum Gasteiger partial charge on any atom is 0.341 e. The summed E-state index contributed by atoms with van der Waals surface area (Å²) in [5.41, 5.74) is 2.69. The predicted molar refractivity (Wildman–Crippen MR) is 130 cm³/mol. The highest BCUT2D eigenvalue weighted by atomic mass is 32.2. The van der Waals surface area contributed by atoms with Gasteiger partial charge >= 0.3 is 5.97 Å². The molecule has 7 nitrogen and oxygen atoms in total. The monoisotopic (exact) mass is 472 g/mol. The second-order valence-electron chi connectivity index (χ2n) is 8.35. The lowest BCUT2D eigenvalue weighted by molar-refractivity contribution is -0.113. The largest absolute Gasteiger partial charge is 0.462 e. The van der Waals surface area contributed by atoms with Crippen molar-refractivity contribution in [2.24, 2.45) is 7.05 Å². The Bertz CT molecular complexity index is 1110. The quantitative estimate of drug-likeness (QED) is 0.382. The molecule has 32 heavy (non-hydrogen) atoms. The molecule has 3 rings (SSSR count). The van der Waals surface area contributed by atoms with Crippen molar-refractivity contribution < 1.29 is 14.3 Å². The maximum atomic E-state index is 12.5. The number of carbonyl (C=O) groups excluding carboxylic acids is 2. The standard InChI is InChI=1S/C23H28N4O3S2/c1-7-30-21(29)17-12-14(2)32-20(17)24-18(28)13-31-22-26-25-19(27(22)6)15-8-10-16(11-9-15)23(3,4)5/h8-12H,7,13H2,1-6H3,(H,24,28). The topological polar surface area (TPSA) is 86.1 Å². The molecule has 0 atom stereocenters. The predicted octanol–water partition coefficient (Wildman–Crippen LogP) is 5.06. The first-order valence-electron chi connectivity index (χ1n) is 10.3. The van der Waals surface area contributed by atoms with E-state index in [1.165, 1.54) is 28.7 Å². The molecule has 9 heteroatoms. The fourth-order valence-corrected chi connectivity index (χ4v) is 4.70. The molecule has 0 fully saturated rings. The summed E-state index contributed by atoms with van der Waals surface area (Å²) < 4.78 is 6.95. The Morgan fingerprint density at radius 1 is 1.19 bits per heavy atom. The Morgan fingerprint density at radius 2 is 1.88 bits per heavy atom. The molecule has 0 unspecified atom stereocenters. The summed E-state index contributed by atoms with van der Waals surface area (Å²) in [6, 6.07) is 10.0. The molecule has 0 bridgehead atoms. The second-order valence-corrected chi connectivity index (χ2v) is 10.5. The number of aromatic nitrogens is 3. The molecule has 1 aromatic carbocycles. The Kier molecular flexibility index (Phi) is 7.40. The molecule has 0 aliphatic rings. The number of hydrogen-bond acceptors (Lipinski definition) is 7. The highest BCUT2D eigenvalue weighted by Gasteiger charge is 2.19. The van der Waals surface area contributed by atoms with Gasteiger partial charge in [0, 0.05) is 17.5 Å². The van der Waals surface area contributed by atoms with E-state index in [1.807, 2.05) is 30.7 Å². The Morgan fingerprint density at radius 3 is 2.50 bits per heavy atom. The zero-order valence-electron chi connectivity index (χ0n) is 19.2. The van der Waals surface area contributed by atoms with Crippen molar-refractivity contribution >= 4 is 40.0 Å². The van der Waals surface area contributed by atoms with Gasteiger partial charge in [0.25, 0.3) is 0 Å². The minimum atomic E-state index is -0.435. The average molecular weight is 473 g/mol. The SMILES string of the molecule is CCOC(=O)c1cc(C)sc1NC(=O)CSc1nnc(-c2ccc(C(C)(C)C)cc2)n1C. The number of thioether (sulfide) groups is 1. The number of hydrogen-bond donors (Lipinski definition) is 1. The van der Waals surface area contributed by atoms with Gasteiger partial charge in [-0.1, -0.05) is 56.8 Å². The number of nitrogens with zero attached hydrogens (tertiary/aromatic N) is 3. The van der Waals surface area contributed by atoms with Gasteiger partial charge in [-0.15, -0.1) is 21.5 Å². The number of ether oxygens (including phenoxy) is 1. The normalized spacial score (nSPS) is 11.4. The number of rotatable bonds is 7. The van der Waals surface area contributed by atoms with Gasteiger partial charge in [-0.05, 0) is 30.9 Å². The molecule has 1 amide bonds. The highest BCUT2D eigenvalue weighted by molar-refractivity contribution is 7.99. The van der Waals surface area contributed by atoms with Crippen LogP contribution < -0.4 is 5.32 Å². The van der Waals surface area contributed by atoms with Crippen molar-refractivity contribution in [2.75, 3.05) is 17.7 Å². The summed E-state index contributed by atoms with van der Waals surface area (Å²) in [6.45, 7) is 10.4. The van der Waals surface area contributed by atoms with Crippen LogP contribution in [0.3, 0.4) is 0 Å². The van der Waals surface area contributed by atoms with Crippen molar-refractivity contribution in [1.82, 2.24) is 14.8 Å². The Hall–Kier alpha value is -2.65. The summed E-state index contributed by atoms with van der Waals surface area (Å²) in [6.07, 6.45) is 0. The van der Waals surface area contributed by atoms with Crippen LogP contribution in [0.4, 0.5) is 5.00 Å². The van der Waals surface area contributed by atoms with Crippen LogP contribution in [0.15, 0.2) is 35.5 Å². The first kappa shape index (κ1) is 24.0. The molecule has 0 aliphatic heterocycles. The number of aryl methyl sites for hydroxylation is 1. The molecular formula is C23H28N4O3S2. The fourth-order valence-electron chi connectivity index (χ4n) is 3.07. The van der Waals surface area contributed by atoms with Crippen LogP contribution in [0.25, 0.3) is 11.4 Å². The summed E-state index contributed by atoms with van der Waals surface area (Å²) in [5, 5.41) is 12.5. The number of nitrogens with one attached hydrogen (secondary N) is 1. The van der Waals surface area contributed by atoms with Gasteiger partial charge in [0.1, 0.15) is 5.00 Å². The molecule has 0 saturated carbocycles. The van der Waals surface area contributed by atoms with E-state index in [9.17, 15) is 9.59 Å². The number of benzene rings is 1. The molecule has 2 heterocycles. The zero-order chi connectivity index (χ0) is 23.5. The number of thiophene rings is 1. The molecule has 0 aliphatic carbocycles. The zero-order valence-corrected chi connectivity index (χ0v) is 20.8. The molecule has 0 saturated heterocycles. The maximum absolute atomic E-state index is 12.5. The van der Waals surface area contributed by atoms with Crippen molar-refractivity contribution in [3.8, 4) is 11.4 Å². The van der Waals surface area contributed by atoms with Gasteiger partial charge in [-0.25, -0.2) is 4.79 Å². The lowest BCUT2D eigenvalue weighted by Gasteiger charge is -2.19. The van der Waals surface area contributed by atoms with E-state index in [0.29, 0.717) is 15.7 Å². The number of esters is 1. The van der Waals surface area contributed by atoms with Crippen molar-refractivity contribution in [3.05, 3.63) is 46.3 Å². The Balaban J connectivity index is 1.66. The molecule has 0 spiro atoms. The molecule has 170 valence electrons. The summed E-state index contributed by atoms with van der Waals surface area (Å²) in [4.78, 5) is 25.5. The van der Waals surface area contributed by atoms with Crippen LogP contribution in [0.5, 0.6) is 0 Å². The van der Waals surface area contributed by atoms with Crippen molar-refractivity contribution in [2.45, 2.75) is 45.2 Å². The molecule has 0 radical (unpaired) electrons. The van der Waals surface area contributed by atoms with Crippen LogP contribution >= 0.6 is 23.1 Å². The lowest BCUT2D eigenvalue weighted by atomic mass is 9.87. The fraction of sp³-hybridized carbons (Fsp3) is 0.391. The van der Waals surface area contributed by atoms with E-state index in [0.717, 1.165) is 16.3 Å². The molecular weight excluding hydrogens is 444 g/mol. The van der Waals surface area contributed by atoms with E-state index in [-0.39, 0.29) is 23.7 Å². The number of carbonyl (C=O) groups is 2. The third kappa shape index (κ3) is 5.58. The number of anilines is 1. The van der Waals surface area contributed by atoms with E-state index in [4.69, 9.17) is 4.74 Å². The van der Waals surface area contributed by atoms with Gasteiger partial charge in [-0.3, -0.25) is 4.79 Å². The van der Waals surface area contributed by atoms with Crippen LogP contribution in [0, 0.1) is 6.92 Å². The minimum Gasteiger partial charge on any atom is -0.462 e. The van der Waals surface area contributed by atoms with E-state index < -0.39 is 5.97 Å². The van der Waals surface area contributed by atoms with Gasteiger partial charge in [0.05, 0.1) is 17.9 Å². The summed E-state index contributed by atoms with van der Waals surface area (Å²) >= 11 is 2.64. The number of amides is 1. The molecule has 1 N–H and O–H groups in total. The van der Waals surface area contributed by atoms with Crippen molar-refractivity contribution in [1.29, 1.82) is 0 Å². The van der Waals surface area contributed by atoms with Gasteiger partial charge in [0.15, 0.2) is 11.0 Å². The van der Waals surface area contributed by atoms with E-state index in [2.05, 4.69) is 48.4 Å². The van der Waals surface area contributed by atoms with Gasteiger partial charge in [-0.2, -0.15) is 0 Å². The smallest absolute Gasteiger partial charge is 0.341 e. The average Bonchev–Trinajstić information content (AvgIpc) is 3.28. The first-order chi connectivity index (χ1) is 15.1. The lowest BCUT2D eigenvalue weighted by Crippen LogP contribution is -2.16. The van der Waals surface area contributed by atoms with Gasteiger partial charge < -0.3 is 14.6 Å². The summed E-state index contributed by atoms with van der Waals surface area (Å²) in [5.74, 6) is 0.234. The van der Waals surface area contributed by atoms with Gasteiger partial charge in [0.2, 0.25) is 5.91 Å². The second kappa shape index (κ2) is 9.87. The summed E-state index contributed by atoms with van der Waals surface area (Å²) in [7, 11) is 1.88. The highest BCUT2D eigenvalue weighted by Crippen LogP contribution is 2.30. The first-order valence-corrected chi connectivity index (χ1v) is 12.1. The van der Waals surface area contributed by atoms with Crippen LogP contribution in [0.2, 0.25) is 0 Å². The molecule has 2 aromatic heterocycles.